The van der Waals surface area contributed by atoms with E-state index in [0.717, 1.165) is 0 Å². The molecule has 1 fully saturated rings. The molecule has 1 aliphatic heterocycles. The highest BCUT2D eigenvalue weighted by Crippen LogP contribution is 2.22. The third-order valence-corrected chi connectivity index (χ3v) is 3.00. The quantitative estimate of drug-likeness (QED) is 0.697. The SMILES string of the molecule is CC(C)COc1nc(NC2CCC(=O)NC2=O)ccc1N. The first-order valence-electron chi connectivity index (χ1n) is 6.95. The van der Waals surface area contributed by atoms with Gasteiger partial charge in [0.1, 0.15) is 11.9 Å². The zero-order chi connectivity index (χ0) is 15.4. The summed E-state index contributed by atoms with van der Waals surface area (Å²) in [6, 6.07) is 2.88. The molecule has 4 N–H and O–H groups in total. The summed E-state index contributed by atoms with van der Waals surface area (Å²) in [7, 11) is 0. The number of piperidine rings is 1. The van der Waals surface area contributed by atoms with Crippen molar-refractivity contribution in [3.63, 3.8) is 0 Å². The lowest BCUT2D eigenvalue weighted by Crippen LogP contribution is -2.47. The maximum Gasteiger partial charge on any atom is 0.249 e. The van der Waals surface area contributed by atoms with Crippen LogP contribution in [0.3, 0.4) is 0 Å². The fraction of sp³-hybridized carbons (Fsp3) is 0.500. The smallest absolute Gasteiger partial charge is 0.249 e. The first kappa shape index (κ1) is 15.1. The van der Waals surface area contributed by atoms with Gasteiger partial charge >= 0.3 is 0 Å². The molecule has 0 aromatic carbocycles. The average molecular weight is 292 g/mol. The number of hydrogen-bond acceptors (Lipinski definition) is 6. The topological polar surface area (TPSA) is 106 Å². The number of carbonyl (C=O) groups is 2. The van der Waals surface area contributed by atoms with Crippen LogP contribution in [0.4, 0.5) is 11.5 Å². The van der Waals surface area contributed by atoms with Gasteiger partial charge in [-0.1, -0.05) is 13.8 Å². The second-order valence-electron chi connectivity index (χ2n) is 5.44. The first-order chi connectivity index (χ1) is 9.95. The molecule has 1 saturated heterocycles. The second kappa shape index (κ2) is 6.43. The minimum Gasteiger partial charge on any atom is -0.476 e. The van der Waals surface area contributed by atoms with E-state index >= 15 is 0 Å². The highest BCUT2D eigenvalue weighted by atomic mass is 16.5. The fourth-order valence-electron chi connectivity index (χ4n) is 1.90. The van der Waals surface area contributed by atoms with Crippen molar-refractivity contribution in [2.24, 2.45) is 5.92 Å². The van der Waals surface area contributed by atoms with Gasteiger partial charge in [0.05, 0.1) is 12.3 Å². The number of rotatable bonds is 5. The summed E-state index contributed by atoms with van der Waals surface area (Å²) < 4.78 is 5.54. The van der Waals surface area contributed by atoms with Crippen molar-refractivity contribution in [2.75, 3.05) is 17.7 Å². The largest absolute Gasteiger partial charge is 0.476 e. The van der Waals surface area contributed by atoms with Gasteiger partial charge in [-0.3, -0.25) is 14.9 Å². The van der Waals surface area contributed by atoms with Crippen molar-refractivity contribution in [1.29, 1.82) is 0 Å². The average Bonchev–Trinajstić information content (AvgIpc) is 2.42. The van der Waals surface area contributed by atoms with Crippen LogP contribution in [0.15, 0.2) is 12.1 Å². The van der Waals surface area contributed by atoms with Crippen molar-refractivity contribution in [3.05, 3.63) is 12.1 Å². The number of nitrogens with zero attached hydrogens (tertiary/aromatic N) is 1. The van der Waals surface area contributed by atoms with E-state index in [1.165, 1.54) is 0 Å². The number of nitrogens with one attached hydrogen (secondary N) is 2. The molecule has 114 valence electrons. The minimum absolute atomic E-state index is 0.246. The third-order valence-electron chi connectivity index (χ3n) is 3.00. The Hall–Kier alpha value is -2.31. The van der Waals surface area contributed by atoms with Gasteiger partial charge in [-0.05, 0) is 24.5 Å². The monoisotopic (exact) mass is 292 g/mol. The van der Waals surface area contributed by atoms with Crippen LogP contribution in [0, 0.1) is 5.92 Å². The van der Waals surface area contributed by atoms with E-state index in [1.54, 1.807) is 12.1 Å². The molecule has 21 heavy (non-hydrogen) atoms. The number of carbonyl (C=O) groups excluding carboxylic acids is 2. The van der Waals surface area contributed by atoms with Crippen LogP contribution in [-0.2, 0) is 9.59 Å². The molecule has 0 spiro atoms. The lowest BCUT2D eigenvalue weighted by molar-refractivity contribution is -0.133. The highest BCUT2D eigenvalue weighted by molar-refractivity contribution is 6.01. The van der Waals surface area contributed by atoms with Gasteiger partial charge < -0.3 is 15.8 Å². The second-order valence-corrected chi connectivity index (χ2v) is 5.44. The summed E-state index contributed by atoms with van der Waals surface area (Å²) in [6.45, 7) is 4.57. The van der Waals surface area contributed by atoms with Crippen LogP contribution in [0.5, 0.6) is 5.88 Å². The molecule has 2 rings (SSSR count). The molecule has 7 nitrogen and oxygen atoms in total. The van der Waals surface area contributed by atoms with Gasteiger partial charge in [0.15, 0.2) is 0 Å². The predicted molar refractivity (Wildman–Crippen MR) is 78.8 cm³/mol. The number of imide groups is 1. The van der Waals surface area contributed by atoms with Crippen LogP contribution in [0.2, 0.25) is 0 Å². The van der Waals surface area contributed by atoms with Crippen LogP contribution < -0.4 is 21.1 Å². The number of aromatic nitrogens is 1. The predicted octanol–water partition coefficient (Wildman–Crippen LogP) is 0.916. The molecule has 7 heteroatoms. The summed E-state index contributed by atoms with van der Waals surface area (Å²) in [5.74, 6) is 0.621. The van der Waals surface area contributed by atoms with E-state index in [-0.39, 0.29) is 11.8 Å². The zero-order valence-corrected chi connectivity index (χ0v) is 12.2. The van der Waals surface area contributed by atoms with Crippen molar-refractivity contribution >= 4 is 23.3 Å². The Balaban J connectivity index is 2.05. The van der Waals surface area contributed by atoms with Gasteiger partial charge in [-0.2, -0.15) is 4.98 Å². The summed E-state index contributed by atoms with van der Waals surface area (Å²) in [4.78, 5) is 27.1. The van der Waals surface area contributed by atoms with Gasteiger partial charge in [0.2, 0.25) is 17.7 Å². The lowest BCUT2D eigenvalue weighted by Gasteiger charge is -2.22. The first-order valence-corrected chi connectivity index (χ1v) is 6.95. The normalized spacial score (nSPS) is 18.5. The third kappa shape index (κ3) is 4.08. The molecule has 0 bridgehead atoms. The Morgan fingerprint density at radius 3 is 2.90 bits per heavy atom. The summed E-state index contributed by atoms with van der Waals surface area (Å²) in [5, 5.41) is 5.29. The van der Waals surface area contributed by atoms with Gasteiger partial charge in [-0.15, -0.1) is 0 Å². The molecule has 1 aromatic heterocycles. The van der Waals surface area contributed by atoms with Crippen molar-refractivity contribution in [2.45, 2.75) is 32.7 Å². The summed E-state index contributed by atoms with van der Waals surface area (Å²) >= 11 is 0. The molecule has 0 saturated carbocycles. The van der Waals surface area contributed by atoms with Crippen LogP contribution >= 0.6 is 0 Å². The Morgan fingerprint density at radius 1 is 1.48 bits per heavy atom. The van der Waals surface area contributed by atoms with E-state index < -0.39 is 6.04 Å². The maximum atomic E-state index is 11.7. The molecule has 2 heterocycles. The van der Waals surface area contributed by atoms with E-state index in [2.05, 4.69) is 15.6 Å². The molecule has 2 amide bonds. The number of anilines is 2. The number of amides is 2. The molecule has 1 aromatic rings. The molecule has 0 radical (unpaired) electrons. The van der Waals surface area contributed by atoms with Crippen molar-refractivity contribution in [3.8, 4) is 5.88 Å². The number of nitrogens with two attached hydrogens (primary N) is 1. The molecule has 1 atom stereocenters. The van der Waals surface area contributed by atoms with Crippen molar-refractivity contribution < 1.29 is 14.3 Å². The maximum absolute atomic E-state index is 11.7. The number of pyridine rings is 1. The van der Waals surface area contributed by atoms with Crippen LogP contribution in [-0.4, -0.2) is 29.4 Å². The molecular weight excluding hydrogens is 272 g/mol. The summed E-state index contributed by atoms with van der Waals surface area (Å²) in [6.07, 6.45) is 0.758. The molecule has 0 aliphatic carbocycles. The Kier molecular flexibility index (Phi) is 4.62. The molecular formula is C14H20N4O3. The van der Waals surface area contributed by atoms with Gasteiger partial charge in [-0.25, -0.2) is 0 Å². The zero-order valence-electron chi connectivity index (χ0n) is 12.2. The number of ether oxygens (including phenoxy) is 1. The fourth-order valence-corrected chi connectivity index (χ4v) is 1.90. The van der Waals surface area contributed by atoms with Crippen LogP contribution in [0.1, 0.15) is 26.7 Å². The van der Waals surface area contributed by atoms with Gasteiger partial charge in [0.25, 0.3) is 0 Å². The molecule has 1 unspecified atom stereocenters. The van der Waals surface area contributed by atoms with E-state index in [0.29, 0.717) is 42.8 Å². The van der Waals surface area contributed by atoms with Crippen LogP contribution in [0.25, 0.3) is 0 Å². The standard InChI is InChI=1S/C14H20N4O3/c1-8(2)7-21-14-9(15)3-5-11(17-14)16-10-4-6-12(19)18-13(10)20/h3,5,8,10H,4,6-7,15H2,1-2H3,(H,16,17)(H,18,19,20). The highest BCUT2D eigenvalue weighted by Gasteiger charge is 2.26. The number of hydrogen-bond donors (Lipinski definition) is 3. The lowest BCUT2D eigenvalue weighted by atomic mass is 10.1. The Morgan fingerprint density at radius 2 is 2.24 bits per heavy atom. The minimum atomic E-state index is -0.475. The summed E-state index contributed by atoms with van der Waals surface area (Å²) in [5.41, 5.74) is 6.26. The van der Waals surface area contributed by atoms with E-state index in [9.17, 15) is 9.59 Å². The molecule has 1 aliphatic rings. The Labute approximate surface area is 123 Å². The Bertz CT molecular complexity index is 545. The number of nitrogen functional groups attached to an aromatic ring is 1. The van der Waals surface area contributed by atoms with E-state index in [4.69, 9.17) is 10.5 Å². The van der Waals surface area contributed by atoms with E-state index in [1.807, 2.05) is 13.8 Å². The van der Waals surface area contributed by atoms with Crippen molar-refractivity contribution in [1.82, 2.24) is 10.3 Å². The van der Waals surface area contributed by atoms with Gasteiger partial charge in [0, 0.05) is 6.42 Å².